The lowest BCUT2D eigenvalue weighted by atomic mass is 9.85. The molecule has 3 atom stereocenters. The van der Waals surface area contributed by atoms with Crippen LogP contribution in [0, 0.1) is 5.92 Å². The number of aromatic amines is 1. The van der Waals surface area contributed by atoms with Crippen molar-refractivity contribution < 1.29 is 14.3 Å². The minimum atomic E-state index is -0.239. The molecule has 5 rings (SSSR count). The summed E-state index contributed by atoms with van der Waals surface area (Å²) in [5.41, 5.74) is 0.639. The Morgan fingerprint density at radius 1 is 1.15 bits per heavy atom. The number of benzene rings is 1. The largest absolute Gasteiger partial charge is 0.486 e. The van der Waals surface area contributed by atoms with Crippen molar-refractivity contribution in [2.75, 3.05) is 13.2 Å². The maximum Gasteiger partial charge on any atom is 0.259 e. The Labute approximate surface area is 157 Å². The molecule has 1 aliphatic carbocycles. The van der Waals surface area contributed by atoms with E-state index >= 15 is 0 Å². The molecule has 1 amide bonds. The minimum absolute atomic E-state index is 0.144. The molecule has 1 aromatic carbocycles. The molecular formula is C21H24N2O4. The molecule has 6 nitrogen and oxygen atoms in total. The summed E-state index contributed by atoms with van der Waals surface area (Å²) in [6.07, 6.45) is 7.25. The average Bonchev–Trinajstić information content (AvgIpc) is 3.02. The highest BCUT2D eigenvalue weighted by molar-refractivity contribution is 5.98. The predicted octanol–water partition coefficient (Wildman–Crippen LogP) is 3.09. The number of H-pyrrole nitrogens is 1. The second-order valence-corrected chi connectivity index (χ2v) is 7.98. The smallest absolute Gasteiger partial charge is 0.259 e. The van der Waals surface area contributed by atoms with Crippen LogP contribution >= 0.6 is 0 Å². The first-order valence-electron chi connectivity index (χ1n) is 9.91. The van der Waals surface area contributed by atoms with E-state index in [1.807, 2.05) is 4.90 Å². The molecule has 2 aromatic rings. The fraction of sp³-hybridized carbons (Fsp3) is 0.524. The average molecular weight is 368 g/mol. The zero-order chi connectivity index (χ0) is 18.5. The van der Waals surface area contributed by atoms with Gasteiger partial charge in [-0.3, -0.25) is 9.59 Å². The molecule has 1 aromatic heterocycles. The summed E-state index contributed by atoms with van der Waals surface area (Å²) in [5, 5.41) is 0.470. The van der Waals surface area contributed by atoms with Crippen molar-refractivity contribution in [2.45, 2.75) is 51.1 Å². The molecule has 27 heavy (non-hydrogen) atoms. The number of carbonyl (C=O) groups is 1. The SMILES string of the molecule is CC1CC2CCCCC2N1C(=O)c1c[nH]c2cc3c(cc2c1=O)OCCO3. The molecule has 1 saturated carbocycles. The van der Waals surface area contributed by atoms with Gasteiger partial charge in [-0.15, -0.1) is 0 Å². The lowest BCUT2D eigenvalue weighted by Gasteiger charge is -2.33. The Bertz CT molecular complexity index is 967. The summed E-state index contributed by atoms with van der Waals surface area (Å²) in [6.45, 7) is 3.06. The van der Waals surface area contributed by atoms with Gasteiger partial charge in [0, 0.05) is 24.3 Å². The van der Waals surface area contributed by atoms with E-state index in [-0.39, 0.29) is 29.0 Å². The summed E-state index contributed by atoms with van der Waals surface area (Å²) in [7, 11) is 0. The van der Waals surface area contributed by atoms with Gasteiger partial charge in [0.05, 0.1) is 10.9 Å². The van der Waals surface area contributed by atoms with Crippen LogP contribution in [0.3, 0.4) is 0 Å². The molecule has 3 heterocycles. The molecule has 2 fully saturated rings. The number of nitrogens with one attached hydrogen (secondary N) is 1. The van der Waals surface area contributed by atoms with E-state index in [4.69, 9.17) is 9.47 Å². The molecule has 142 valence electrons. The monoisotopic (exact) mass is 368 g/mol. The molecule has 0 radical (unpaired) electrons. The molecule has 0 bridgehead atoms. The quantitative estimate of drug-likeness (QED) is 0.840. The van der Waals surface area contributed by atoms with Gasteiger partial charge in [0.25, 0.3) is 5.91 Å². The van der Waals surface area contributed by atoms with E-state index in [1.165, 1.54) is 12.8 Å². The van der Waals surface area contributed by atoms with Gasteiger partial charge >= 0.3 is 0 Å². The number of aromatic nitrogens is 1. The van der Waals surface area contributed by atoms with E-state index in [9.17, 15) is 9.59 Å². The van der Waals surface area contributed by atoms with Crippen molar-refractivity contribution in [1.29, 1.82) is 0 Å². The Hall–Kier alpha value is -2.50. The number of hydrogen-bond acceptors (Lipinski definition) is 4. The molecule has 1 saturated heterocycles. The van der Waals surface area contributed by atoms with Crippen LogP contribution in [0.5, 0.6) is 11.5 Å². The molecule has 1 N–H and O–H groups in total. The number of ether oxygens (including phenoxy) is 2. The summed E-state index contributed by atoms with van der Waals surface area (Å²) >= 11 is 0. The lowest BCUT2D eigenvalue weighted by Crippen LogP contribution is -2.44. The summed E-state index contributed by atoms with van der Waals surface area (Å²) in [4.78, 5) is 31.5. The highest BCUT2D eigenvalue weighted by Gasteiger charge is 2.43. The van der Waals surface area contributed by atoms with Gasteiger partial charge in [-0.25, -0.2) is 0 Å². The van der Waals surface area contributed by atoms with E-state index < -0.39 is 0 Å². The van der Waals surface area contributed by atoms with Crippen molar-refractivity contribution in [2.24, 2.45) is 5.92 Å². The Morgan fingerprint density at radius 2 is 1.89 bits per heavy atom. The van der Waals surface area contributed by atoms with Gasteiger partial charge in [-0.1, -0.05) is 12.8 Å². The number of carbonyl (C=O) groups excluding carboxylic acids is 1. The second kappa shape index (κ2) is 6.29. The van der Waals surface area contributed by atoms with Crippen molar-refractivity contribution in [1.82, 2.24) is 9.88 Å². The van der Waals surface area contributed by atoms with Crippen LogP contribution in [-0.2, 0) is 0 Å². The highest BCUT2D eigenvalue weighted by atomic mass is 16.6. The van der Waals surface area contributed by atoms with Gasteiger partial charge < -0.3 is 19.4 Å². The number of pyridine rings is 1. The first-order valence-corrected chi connectivity index (χ1v) is 9.91. The van der Waals surface area contributed by atoms with Gasteiger partial charge in [0.1, 0.15) is 18.8 Å². The van der Waals surface area contributed by atoms with Crippen molar-refractivity contribution in [3.63, 3.8) is 0 Å². The lowest BCUT2D eigenvalue weighted by molar-refractivity contribution is 0.0632. The van der Waals surface area contributed by atoms with E-state index in [0.29, 0.717) is 41.5 Å². The third-order valence-electron chi connectivity index (χ3n) is 6.35. The van der Waals surface area contributed by atoms with Crippen LogP contribution in [0.25, 0.3) is 10.9 Å². The number of nitrogens with zero attached hydrogens (tertiary/aromatic N) is 1. The van der Waals surface area contributed by atoms with E-state index in [1.54, 1.807) is 18.3 Å². The van der Waals surface area contributed by atoms with Crippen LogP contribution in [0.4, 0.5) is 0 Å². The Balaban J connectivity index is 1.55. The maximum absolute atomic E-state index is 13.3. The van der Waals surface area contributed by atoms with Crippen molar-refractivity contribution in [3.8, 4) is 11.5 Å². The molecule has 0 spiro atoms. The standard InChI is InChI=1S/C21H24N2O4/c1-12-8-13-4-2-3-5-17(13)23(12)21(25)15-11-22-16-10-19-18(26-6-7-27-19)9-14(16)20(15)24/h9-13,17H,2-8H2,1H3,(H,22,24). The second-order valence-electron chi connectivity index (χ2n) is 7.98. The Morgan fingerprint density at radius 3 is 2.70 bits per heavy atom. The van der Waals surface area contributed by atoms with Gasteiger partial charge in [-0.2, -0.15) is 0 Å². The van der Waals surface area contributed by atoms with Crippen LogP contribution in [0.15, 0.2) is 23.1 Å². The number of fused-ring (bicyclic) bond motifs is 3. The van der Waals surface area contributed by atoms with Crippen molar-refractivity contribution in [3.05, 3.63) is 34.1 Å². The normalized spacial score (nSPS) is 26.9. The van der Waals surface area contributed by atoms with Gasteiger partial charge in [-0.05, 0) is 38.2 Å². The van der Waals surface area contributed by atoms with Crippen LogP contribution in [-0.4, -0.2) is 41.1 Å². The number of hydrogen-bond donors (Lipinski definition) is 1. The van der Waals surface area contributed by atoms with Gasteiger partial charge in [0.2, 0.25) is 5.43 Å². The zero-order valence-electron chi connectivity index (χ0n) is 15.5. The number of rotatable bonds is 1. The molecule has 3 aliphatic rings. The predicted molar refractivity (Wildman–Crippen MR) is 102 cm³/mol. The van der Waals surface area contributed by atoms with E-state index in [0.717, 1.165) is 19.3 Å². The molecule has 3 unspecified atom stereocenters. The van der Waals surface area contributed by atoms with Crippen LogP contribution < -0.4 is 14.9 Å². The first-order chi connectivity index (χ1) is 13.1. The third-order valence-corrected chi connectivity index (χ3v) is 6.35. The third kappa shape index (κ3) is 2.61. The summed E-state index contributed by atoms with van der Waals surface area (Å²) in [6, 6.07) is 3.92. The minimum Gasteiger partial charge on any atom is -0.486 e. The van der Waals surface area contributed by atoms with Crippen LogP contribution in [0.1, 0.15) is 49.4 Å². The molecule has 6 heteroatoms. The Kier molecular flexibility index (Phi) is 3.88. The number of likely N-dealkylation sites (tertiary alicyclic amines) is 1. The summed E-state index contributed by atoms with van der Waals surface area (Å²) in [5.74, 6) is 1.62. The fourth-order valence-electron chi connectivity index (χ4n) is 5.11. The highest BCUT2D eigenvalue weighted by Crippen LogP contribution is 2.40. The van der Waals surface area contributed by atoms with E-state index in [2.05, 4.69) is 11.9 Å². The zero-order valence-corrected chi connectivity index (χ0v) is 15.5. The topological polar surface area (TPSA) is 71.6 Å². The number of amides is 1. The van der Waals surface area contributed by atoms with Crippen LogP contribution in [0.2, 0.25) is 0 Å². The molecular weight excluding hydrogens is 344 g/mol. The maximum atomic E-state index is 13.3. The van der Waals surface area contributed by atoms with Gasteiger partial charge in [0.15, 0.2) is 11.5 Å². The summed E-state index contributed by atoms with van der Waals surface area (Å²) < 4.78 is 11.2. The van der Waals surface area contributed by atoms with Crippen molar-refractivity contribution >= 4 is 16.8 Å². The fourth-order valence-corrected chi connectivity index (χ4v) is 5.11. The molecule has 2 aliphatic heterocycles. The first kappa shape index (κ1) is 16.7.